The molecular weight excluding hydrogens is 242 g/mol. The summed E-state index contributed by atoms with van der Waals surface area (Å²) in [7, 11) is 1.76. The SMILES string of the molecule is CCn1ncnc1CC(O)c1ncc(Cl)n1C. The molecule has 0 spiro atoms. The van der Waals surface area contributed by atoms with E-state index < -0.39 is 6.10 Å². The summed E-state index contributed by atoms with van der Waals surface area (Å²) in [6.07, 6.45) is 2.64. The zero-order valence-corrected chi connectivity index (χ0v) is 10.5. The van der Waals surface area contributed by atoms with E-state index in [-0.39, 0.29) is 0 Å². The van der Waals surface area contributed by atoms with Crippen molar-refractivity contribution in [1.82, 2.24) is 24.3 Å². The summed E-state index contributed by atoms with van der Waals surface area (Å²) in [6.45, 7) is 2.70. The van der Waals surface area contributed by atoms with Crippen LogP contribution in [0.3, 0.4) is 0 Å². The normalized spacial score (nSPS) is 12.9. The number of nitrogens with zero attached hydrogens (tertiary/aromatic N) is 5. The number of aromatic nitrogens is 5. The first-order chi connectivity index (χ1) is 8.13. The van der Waals surface area contributed by atoms with Gasteiger partial charge in [-0.25, -0.2) is 9.97 Å². The van der Waals surface area contributed by atoms with Crippen molar-refractivity contribution in [2.45, 2.75) is 26.0 Å². The van der Waals surface area contributed by atoms with E-state index in [0.29, 0.717) is 17.4 Å². The highest BCUT2D eigenvalue weighted by Crippen LogP contribution is 2.18. The van der Waals surface area contributed by atoms with Crippen LogP contribution >= 0.6 is 11.6 Å². The van der Waals surface area contributed by atoms with Crippen LogP contribution in [0.25, 0.3) is 0 Å². The van der Waals surface area contributed by atoms with Gasteiger partial charge in [0, 0.05) is 20.0 Å². The summed E-state index contributed by atoms with van der Waals surface area (Å²) in [5.41, 5.74) is 0. The van der Waals surface area contributed by atoms with Gasteiger partial charge in [0.1, 0.15) is 29.2 Å². The van der Waals surface area contributed by atoms with Gasteiger partial charge in [-0.1, -0.05) is 11.6 Å². The van der Waals surface area contributed by atoms with Gasteiger partial charge in [0.05, 0.1) is 6.20 Å². The van der Waals surface area contributed by atoms with E-state index in [1.165, 1.54) is 12.5 Å². The molecule has 0 saturated carbocycles. The van der Waals surface area contributed by atoms with Gasteiger partial charge >= 0.3 is 0 Å². The monoisotopic (exact) mass is 255 g/mol. The number of aryl methyl sites for hydroxylation is 1. The van der Waals surface area contributed by atoms with Crippen molar-refractivity contribution in [3.8, 4) is 0 Å². The van der Waals surface area contributed by atoms with Crippen LogP contribution < -0.4 is 0 Å². The maximum absolute atomic E-state index is 10.1. The first-order valence-electron chi connectivity index (χ1n) is 5.35. The highest BCUT2D eigenvalue weighted by atomic mass is 35.5. The number of rotatable bonds is 4. The third-order valence-electron chi connectivity index (χ3n) is 2.64. The minimum absolute atomic E-state index is 0.370. The molecule has 0 aliphatic carbocycles. The van der Waals surface area contributed by atoms with Crippen LogP contribution in [0.2, 0.25) is 5.15 Å². The Morgan fingerprint density at radius 1 is 1.47 bits per heavy atom. The van der Waals surface area contributed by atoms with E-state index in [2.05, 4.69) is 15.1 Å². The fourth-order valence-electron chi connectivity index (χ4n) is 1.69. The molecule has 0 aliphatic heterocycles. The standard InChI is InChI=1S/C10H14ClN5O/c1-3-16-9(13-6-14-16)4-7(17)10-12-5-8(11)15(10)2/h5-7,17H,3-4H2,1-2H3. The number of imidazole rings is 1. The molecule has 0 radical (unpaired) electrons. The molecule has 2 heterocycles. The third kappa shape index (κ3) is 2.32. The van der Waals surface area contributed by atoms with Gasteiger partial charge < -0.3 is 9.67 Å². The van der Waals surface area contributed by atoms with Crippen LogP contribution in [0, 0.1) is 0 Å². The molecule has 6 nitrogen and oxygen atoms in total. The molecule has 0 aliphatic rings. The molecule has 7 heteroatoms. The summed E-state index contributed by atoms with van der Waals surface area (Å²) in [5.74, 6) is 1.26. The number of halogens is 1. The van der Waals surface area contributed by atoms with Crippen molar-refractivity contribution in [2.75, 3.05) is 0 Å². The largest absolute Gasteiger partial charge is 0.385 e. The first-order valence-corrected chi connectivity index (χ1v) is 5.73. The highest BCUT2D eigenvalue weighted by molar-refractivity contribution is 6.29. The lowest BCUT2D eigenvalue weighted by molar-refractivity contribution is 0.161. The van der Waals surface area contributed by atoms with E-state index in [9.17, 15) is 5.11 Å². The summed E-state index contributed by atoms with van der Waals surface area (Å²) in [4.78, 5) is 8.19. The Kier molecular flexibility index (Phi) is 3.44. The predicted molar refractivity (Wildman–Crippen MR) is 62.6 cm³/mol. The van der Waals surface area contributed by atoms with Gasteiger partial charge in [-0.2, -0.15) is 5.10 Å². The highest BCUT2D eigenvalue weighted by Gasteiger charge is 2.17. The third-order valence-corrected chi connectivity index (χ3v) is 2.99. The zero-order chi connectivity index (χ0) is 12.4. The van der Waals surface area contributed by atoms with E-state index in [1.807, 2.05) is 6.92 Å². The molecule has 0 amide bonds. The molecule has 1 atom stereocenters. The average molecular weight is 256 g/mol. The zero-order valence-electron chi connectivity index (χ0n) is 9.71. The van der Waals surface area contributed by atoms with Gasteiger partial charge in [-0.15, -0.1) is 0 Å². The molecule has 92 valence electrons. The minimum atomic E-state index is -0.734. The molecular formula is C10H14ClN5O. The number of aliphatic hydroxyl groups excluding tert-OH is 1. The summed E-state index contributed by atoms with van der Waals surface area (Å²) in [6, 6.07) is 0. The molecule has 17 heavy (non-hydrogen) atoms. The van der Waals surface area contributed by atoms with E-state index in [0.717, 1.165) is 12.4 Å². The lowest BCUT2D eigenvalue weighted by Gasteiger charge is -2.10. The van der Waals surface area contributed by atoms with Crippen molar-refractivity contribution in [1.29, 1.82) is 0 Å². The topological polar surface area (TPSA) is 68.8 Å². The van der Waals surface area contributed by atoms with Crippen molar-refractivity contribution in [2.24, 2.45) is 7.05 Å². The van der Waals surface area contributed by atoms with Crippen molar-refractivity contribution >= 4 is 11.6 Å². The molecule has 1 unspecified atom stereocenters. The maximum Gasteiger partial charge on any atom is 0.139 e. The van der Waals surface area contributed by atoms with E-state index >= 15 is 0 Å². The molecule has 2 rings (SSSR count). The molecule has 0 saturated heterocycles. The summed E-state index contributed by atoms with van der Waals surface area (Å²) in [5, 5.41) is 14.6. The molecule has 0 aromatic carbocycles. The van der Waals surface area contributed by atoms with Crippen LogP contribution in [-0.2, 0) is 20.0 Å². The second kappa shape index (κ2) is 4.85. The molecule has 2 aromatic heterocycles. The van der Waals surface area contributed by atoms with Crippen LogP contribution in [-0.4, -0.2) is 29.4 Å². The van der Waals surface area contributed by atoms with Crippen LogP contribution in [0.4, 0.5) is 0 Å². The Bertz CT molecular complexity index is 507. The average Bonchev–Trinajstić information content (AvgIpc) is 2.87. The lowest BCUT2D eigenvalue weighted by atomic mass is 10.2. The lowest BCUT2D eigenvalue weighted by Crippen LogP contribution is -2.13. The Hall–Kier alpha value is -1.40. The fourth-order valence-corrected chi connectivity index (χ4v) is 1.82. The Balaban J connectivity index is 2.17. The molecule has 0 fully saturated rings. The fraction of sp³-hybridized carbons (Fsp3) is 0.500. The minimum Gasteiger partial charge on any atom is -0.385 e. The molecule has 2 aromatic rings. The smallest absolute Gasteiger partial charge is 0.139 e. The van der Waals surface area contributed by atoms with Gasteiger partial charge in [-0.05, 0) is 6.92 Å². The van der Waals surface area contributed by atoms with Crippen molar-refractivity contribution in [3.63, 3.8) is 0 Å². The Morgan fingerprint density at radius 3 is 2.82 bits per heavy atom. The maximum atomic E-state index is 10.1. The van der Waals surface area contributed by atoms with Gasteiger partial charge in [-0.3, -0.25) is 4.68 Å². The predicted octanol–water partition coefficient (Wildman–Crippen LogP) is 0.961. The van der Waals surface area contributed by atoms with Crippen LogP contribution in [0.15, 0.2) is 12.5 Å². The van der Waals surface area contributed by atoms with Crippen molar-refractivity contribution in [3.05, 3.63) is 29.3 Å². The summed E-state index contributed by atoms with van der Waals surface area (Å²) >= 11 is 5.87. The molecule has 0 bridgehead atoms. The number of hydrogen-bond acceptors (Lipinski definition) is 4. The van der Waals surface area contributed by atoms with E-state index in [1.54, 1.807) is 16.3 Å². The van der Waals surface area contributed by atoms with Crippen molar-refractivity contribution < 1.29 is 5.11 Å². The molecule has 1 N–H and O–H groups in total. The van der Waals surface area contributed by atoms with Crippen LogP contribution in [0.5, 0.6) is 0 Å². The second-order valence-corrected chi connectivity index (χ2v) is 4.10. The Labute approximate surface area is 104 Å². The first kappa shape index (κ1) is 12.1. The van der Waals surface area contributed by atoms with Gasteiger partial charge in [0.2, 0.25) is 0 Å². The number of aliphatic hydroxyl groups is 1. The van der Waals surface area contributed by atoms with Crippen LogP contribution in [0.1, 0.15) is 24.7 Å². The van der Waals surface area contributed by atoms with E-state index in [4.69, 9.17) is 11.6 Å². The van der Waals surface area contributed by atoms with Gasteiger partial charge in [0.15, 0.2) is 0 Å². The quantitative estimate of drug-likeness (QED) is 0.884. The Morgan fingerprint density at radius 2 is 2.24 bits per heavy atom. The number of hydrogen-bond donors (Lipinski definition) is 1. The van der Waals surface area contributed by atoms with Gasteiger partial charge in [0.25, 0.3) is 0 Å². The second-order valence-electron chi connectivity index (χ2n) is 3.71. The summed E-state index contributed by atoms with van der Waals surface area (Å²) < 4.78 is 3.40.